The summed E-state index contributed by atoms with van der Waals surface area (Å²) in [6.45, 7) is 3.22. The number of ether oxygens (including phenoxy) is 1. The minimum Gasteiger partial charge on any atom is -0.493 e. The minimum atomic E-state index is -1.82. The predicted octanol–water partition coefficient (Wildman–Crippen LogP) is 1.27. The van der Waals surface area contributed by atoms with Crippen LogP contribution in [0.5, 0.6) is 5.75 Å². The zero-order valence-corrected chi connectivity index (χ0v) is 18.6. The number of benzene rings is 2. The number of carboxylic acid groups (broad SMARTS) is 2. The molecule has 0 saturated carbocycles. The summed E-state index contributed by atoms with van der Waals surface area (Å²) in [5, 5.41) is 17.9. The normalized spacial score (nSPS) is 20.6. The van der Waals surface area contributed by atoms with Gasteiger partial charge in [0.05, 0.1) is 13.3 Å². The Hall–Kier alpha value is -3.63. The molecule has 2 aromatic carbocycles. The molecule has 0 aromatic heterocycles. The third kappa shape index (κ3) is 4.82. The Balaban J connectivity index is 0.000000415. The summed E-state index contributed by atoms with van der Waals surface area (Å²) in [7, 11) is 0. The molecular weight excluding hydrogens is 442 g/mol. The molecule has 2 saturated heterocycles. The second kappa shape index (κ2) is 10.5. The molecule has 0 radical (unpaired) electrons. The fourth-order valence-electron chi connectivity index (χ4n) is 4.94. The van der Waals surface area contributed by atoms with Gasteiger partial charge in [0.2, 0.25) is 5.91 Å². The first-order valence-electron chi connectivity index (χ1n) is 11.0. The average Bonchev–Trinajstić information content (AvgIpc) is 3.15. The maximum atomic E-state index is 12.8. The summed E-state index contributed by atoms with van der Waals surface area (Å²) in [5.74, 6) is -2.46. The SMILES string of the molecule is O.O=C(O)C(=O)O.O=C1NCN(c2ccccc2)C12CCN(C1CCOc3ccccc31)CC2. The number of carboxylic acids is 2. The van der Waals surface area contributed by atoms with Gasteiger partial charge >= 0.3 is 11.9 Å². The third-order valence-electron chi connectivity index (χ3n) is 6.58. The predicted molar refractivity (Wildman–Crippen MR) is 124 cm³/mol. The molecule has 1 atom stereocenters. The number of amides is 1. The van der Waals surface area contributed by atoms with Gasteiger partial charge in [0.1, 0.15) is 11.3 Å². The van der Waals surface area contributed by atoms with Gasteiger partial charge in [0.25, 0.3) is 0 Å². The maximum absolute atomic E-state index is 12.8. The van der Waals surface area contributed by atoms with Crippen molar-refractivity contribution in [2.45, 2.75) is 30.8 Å². The first-order chi connectivity index (χ1) is 15.9. The molecule has 0 bridgehead atoms. The molecule has 3 heterocycles. The summed E-state index contributed by atoms with van der Waals surface area (Å²) in [6.07, 6.45) is 2.72. The Morgan fingerprint density at radius 1 is 0.971 bits per heavy atom. The van der Waals surface area contributed by atoms with Crippen LogP contribution in [0.4, 0.5) is 5.69 Å². The van der Waals surface area contributed by atoms with E-state index < -0.39 is 17.5 Å². The average molecular weight is 472 g/mol. The van der Waals surface area contributed by atoms with Crippen molar-refractivity contribution in [1.82, 2.24) is 10.2 Å². The number of nitrogens with zero attached hydrogens (tertiary/aromatic N) is 2. The molecule has 10 nitrogen and oxygen atoms in total. The monoisotopic (exact) mass is 471 g/mol. The number of hydrogen-bond acceptors (Lipinski definition) is 6. The summed E-state index contributed by atoms with van der Waals surface area (Å²) in [5.41, 5.74) is 2.00. The summed E-state index contributed by atoms with van der Waals surface area (Å²) < 4.78 is 5.83. The lowest BCUT2D eigenvalue weighted by atomic mass is 9.84. The second-order valence-electron chi connectivity index (χ2n) is 8.30. The van der Waals surface area contributed by atoms with E-state index in [4.69, 9.17) is 24.5 Å². The van der Waals surface area contributed by atoms with Gasteiger partial charge in [-0.15, -0.1) is 0 Å². The van der Waals surface area contributed by atoms with Crippen molar-refractivity contribution in [2.24, 2.45) is 0 Å². The lowest BCUT2D eigenvalue weighted by Crippen LogP contribution is -2.57. The van der Waals surface area contributed by atoms with Gasteiger partial charge in [0, 0.05) is 36.8 Å². The zero-order chi connectivity index (χ0) is 23.4. The van der Waals surface area contributed by atoms with Crippen LogP contribution in [0.15, 0.2) is 54.6 Å². The van der Waals surface area contributed by atoms with Gasteiger partial charge in [-0.1, -0.05) is 36.4 Å². The van der Waals surface area contributed by atoms with Gasteiger partial charge in [0.15, 0.2) is 0 Å². The van der Waals surface area contributed by atoms with E-state index in [1.807, 2.05) is 24.3 Å². The first-order valence-corrected chi connectivity index (χ1v) is 11.0. The van der Waals surface area contributed by atoms with Crippen LogP contribution in [-0.2, 0) is 14.4 Å². The number of carbonyl (C=O) groups is 3. The summed E-state index contributed by atoms with van der Waals surface area (Å²) in [4.78, 5) is 35.8. The molecular formula is C24H29N3O7. The third-order valence-corrected chi connectivity index (χ3v) is 6.58. The van der Waals surface area contributed by atoms with E-state index >= 15 is 0 Å². The number of aliphatic carboxylic acids is 2. The molecule has 5 N–H and O–H groups in total. The van der Waals surface area contributed by atoms with Gasteiger partial charge in [-0.3, -0.25) is 9.69 Å². The highest BCUT2D eigenvalue weighted by molar-refractivity contribution is 6.27. The highest BCUT2D eigenvalue weighted by atomic mass is 16.5. The van der Waals surface area contributed by atoms with Crippen LogP contribution >= 0.6 is 0 Å². The van der Waals surface area contributed by atoms with Gasteiger partial charge in [-0.25, -0.2) is 9.59 Å². The van der Waals surface area contributed by atoms with Crippen LogP contribution in [0.25, 0.3) is 0 Å². The maximum Gasteiger partial charge on any atom is 0.414 e. The fraction of sp³-hybridized carbons (Fsp3) is 0.375. The van der Waals surface area contributed by atoms with Crippen molar-refractivity contribution in [3.05, 3.63) is 60.2 Å². The molecule has 1 amide bonds. The Kier molecular flexibility index (Phi) is 7.75. The van der Waals surface area contributed by atoms with E-state index in [1.165, 1.54) is 5.56 Å². The first kappa shape index (κ1) is 25.0. The minimum absolute atomic E-state index is 0. The van der Waals surface area contributed by atoms with Crippen LogP contribution in [0.3, 0.4) is 0 Å². The highest BCUT2D eigenvalue weighted by Crippen LogP contribution is 2.41. The molecule has 1 spiro atoms. The van der Waals surface area contributed by atoms with Crippen LogP contribution in [0, 0.1) is 0 Å². The molecule has 182 valence electrons. The molecule has 10 heteroatoms. The summed E-state index contributed by atoms with van der Waals surface area (Å²) >= 11 is 0. The molecule has 5 rings (SSSR count). The van der Waals surface area contributed by atoms with E-state index in [1.54, 1.807) is 0 Å². The van der Waals surface area contributed by atoms with Crippen LogP contribution in [0.2, 0.25) is 0 Å². The number of hydrogen-bond donors (Lipinski definition) is 3. The van der Waals surface area contributed by atoms with Crippen molar-refractivity contribution in [2.75, 3.05) is 31.3 Å². The van der Waals surface area contributed by atoms with Gasteiger partial charge in [-0.2, -0.15) is 0 Å². The van der Waals surface area contributed by atoms with Crippen LogP contribution in [0.1, 0.15) is 30.9 Å². The number of piperidine rings is 1. The van der Waals surface area contributed by atoms with E-state index in [9.17, 15) is 4.79 Å². The smallest absolute Gasteiger partial charge is 0.414 e. The van der Waals surface area contributed by atoms with Crippen molar-refractivity contribution in [3.8, 4) is 5.75 Å². The summed E-state index contributed by atoms with van der Waals surface area (Å²) in [6, 6.07) is 19.1. The molecule has 2 aromatic rings. The largest absolute Gasteiger partial charge is 0.493 e. The number of nitrogens with one attached hydrogen (secondary N) is 1. The quantitative estimate of drug-likeness (QED) is 0.554. The lowest BCUT2D eigenvalue weighted by molar-refractivity contribution is -0.159. The van der Waals surface area contributed by atoms with E-state index in [0.717, 1.165) is 50.4 Å². The highest BCUT2D eigenvalue weighted by Gasteiger charge is 2.51. The topological polar surface area (TPSA) is 151 Å². The Morgan fingerprint density at radius 3 is 2.24 bits per heavy atom. The molecule has 3 aliphatic heterocycles. The Bertz CT molecular complexity index is 1010. The second-order valence-corrected chi connectivity index (χ2v) is 8.30. The van der Waals surface area contributed by atoms with Crippen molar-refractivity contribution < 1.29 is 34.8 Å². The molecule has 1 unspecified atom stereocenters. The number of carbonyl (C=O) groups excluding carboxylic acids is 1. The molecule has 3 aliphatic rings. The van der Waals surface area contributed by atoms with E-state index in [0.29, 0.717) is 12.7 Å². The molecule has 34 heavy (non-hydrogen) atoms. The van der Waals surface area contributed by atoms with E-state index in [-0.39, 0.29) is 11.4 Å². The fourth-order valence-corrected chi connectivity index (χ4v) is 4.94. The molecule has 2 fully saturated rings. The molecule has 0 aliphatic carbocycles. The Labute approximate surface area is 197 Å². The number of fused-ring (bicyclic) bond motifs is 1. The van der Waals surface area contributed by atoms with Crippen LogP contribution in [-0.4, -0.2) is 70.3 Å². The number of likely N-dealkylation sites (tertiary alicyclic amines) is 1. The van der Waals surface area contributed by atoms with Crippen LogP contribution < -0.4 is 15.0 Å². The lowest BCUT2D eigenvalue weighted by Gasteiger charge is -2.46. The zero-order valence-electron chi connectivity index (χ0n) is 18.6. The van der Waals surface area contributed by atoms with Gasteiger partial charge < -0.3 is 30.6 Å². The standard InChI is InChI=1S/C22H25N3O2.C2H2O4.H2O/c26-21-22(25(16-23-21)17-6-2-1-3-7-17)11-13-24(14-12-22)19-10-15-27-20-9-5-4-8-18(19)20;3-1(4)2(5)6;/h1-9,19H,10-16H2,(H,23,26);(H,3,4)(H,5,6);1H2. The number of anilines is 1. The van der Waals surface area contributed by atoms with E-state index in [2.05, 4.69) is 45.4 Å². The number of rotatable bonds is 2. The van der Waals surface area contributed by atoms with Gasteiger partial charge in [-0.05, 0) is 31.0 Å². The van der Waals surface area contributed by atoms with Crippen molar-refractivity contribution >= 4 is 23.5 Å². The number of para-hydroxylation sites is 2. The van der Waals surface area contributed by atoms with Crippen molar-refractivity contribution in [3.63, 3.8) is 0 Å². The Morgan fingerprint density at radius 2 is 1.59 bits per heavy atom. The van der Waals surface area contributed by atoms with Crippen molar-refractivity contribution in [1.29, 1.82) is 0 Å².